The predicted octanol–water partition coefficient (Wildman–Crippen LogP) is 3.77. The molecular weight excluding hydrogens is 386 g/mol. The first-order valence-corrected chi connectivity index (χ1v) is 11.3. The van der Waals surface area contributed by atoms with E-state index in [0.717, 1.165) is 50.1 Å². The molecule has 3 N–H and O–H groups in total. The molecule has 3 atom stereocenters. The number of hydrogen-bond acceptors (Lipinski definition) is 4. The summed E-state index contributed by atoms with van der Waals surface area (Å²) in [5.74, 6) is 1.02. The Labute approximate surface area is 184 Å². The molecule has 0 saturated heterocycles. The van der Waals surface area contributed by atoms with Gasteiger partial charge in [-0.3, -0.25) is 0 Å². The Kier molecular flexibility index (Phi) is 5.08. The van der Waals surface area contributed by atoms with Gasteiger partial charge < -0.3 is 25.0 Å². The first-order valence-electron chi connectivity index (χ1n) is 11.3. The average Bonchev–Trinajstić information content (AvgIpc) is 3.16. The van der Waals surface area contributed by atoms with Crippen LogP contribution in [0.15, 0.2) is 48.5 Å². The van der Waals surface area contributed by atoms with E-state index in [2.05, 4.69) is 53.6 Å². The highest BCUT2D eigenvalue weighted by Crippen LogP contribution is 2.51. The van der Waals surface area contributed by atoms with Crippen LogP contribution in [-0.4, -0.2) is 49.3 Å². The summed E-state index contributed by atoms with van der Waals surface area (Å²) in [6.45, 7) is 1.80. The highest BCUT2D eigenvalue weighted by Gasteiger charge is 2.52. The Balaban J connectivity index is 1.58. The van der Waals surface area contributed by atoms with Gasteiger partial charge in [0.1, 0.15) is 5.75 Å². The van der Waals surface area contributed by atoms with E-state index in [0.29, 0.717) is 0 Å². The number of fused-ring (bicyclic) bond motifs is 4. The van der Waals surface area contributed by atoms with Gasteiger partial charge in [-0.15, -0.1) is 0 Å². The van der Waals surface area contributed by atoms with Crippen molar-refractivity contribution in [1.82, 2.24) is 15.2 Å². The van der Waals surface area contributed by atoms with Crippen LogP contribution in [0, 0.1) is 5.92 Å². The lowest BCUT2D eigenvalue weighted by molar-refractivity contribution is -0.0887. The smallest absolute Gasteiger partial charge is 0.119 e. The largest absolute Gasteiger partial charge is 0.497 e. The summed E-state index contributed by atoms with van der Waals surface area (Å²) in [6, 6.07) is 16.6. The molecule has 31 heavy (non-hydrogen) atoms. The van der Waals surface area contributed by atoms with E-state index in [1.807, 2.05) is 24.3 Å². The van der Waals surface area contributed by atoms with Crippen LogP contribution in [0.2, 0.25) is 0 Å². The highest BCUT2D eigenvalue weighted by molar-refractivity contribution is 5.86. The second-order valence-electron chi connectivity index (χ2n) is 9.60. The maximum absolute atomic E-state index is 11.9. The quantitative estimate of drug-likeness (QED) is 0.603. The third-order valence-corrected chi connectivity index (χ3v) is 7.49. The monoisotopic (exact) mass is 419 g/mol. The normalized spacial score (nSPS) is 28.2. The standard InChI is InChI=1S/C26H33N3O2/c1-29(2)17-19-16-25(12-13-26(19,30)18-7-5-4-6-8-18)24-21(11-14-27-25)22-15-20(31-3)9-10-23(22)28-24/h4-10,15,19,27-28,30H,11-14,16-17H2,1-3H3. The third kappa shape index (κ3) is 3.36. The van der Waals surface area contributed by atoms with Crippen LogP contribution in [0.5, 0.6) is 5.75 Å². The van der Waals surface area contributed by atoms with Crippen LogP contribution >= 0.6 is 0 Å². The van der Waals surface area contributed by atoms with Crippen molar-refractivity contribution in [2.24, 2.45) is 5.92 Å². The molecule has 2 heterocycles. The molecule has 0 bridgehead atoms. The van der Waals surface area contributed by atoms with Crippen molar-refractivity contribution in [2.75, 3.05) is 34.3 Å². The van der Waals surface area contributed by atoms with Crippen molar-refractivity contribution in [3.63, 3.8) is 0 Å². The number of aliphatic hydroxyl groups is 1. The fourth-order valence-electron chi connectivity index (χ4n) is 5.99. The molecule has 1 spiro atoms. The second kappa shape index (κ2) is 7.66. The number of H-pyrrole nitrogens is 1. The minimum Gasteiger partial charge on any atom is -0.497 e. The van der Waals surface area contributed by atoms with Crippen LogP contribution < -0.4 is 10.1 Å². The molecular formula is C26H33N3O2. The molecule has 0 radical (unpaired) electrons. The molecule has 1 aromatic heterocycles. The van der Waals surface area contributed by atoms with Crippen LogP contribution in [0.4, 0.5) is 0 Å². The van der Waals surface area contributed by atoms with Gasteiger partial charge in [-0.1, -0.05) is 30.3 Å². The molecule has 1 aliphatic heterocycles. The number of nitrogens with one attached hydrogen (secondary N) is 2. The van der Waals surface area contributed by atoms with Gasteiger partial charge >= 0.3 is 0 Å². The maximum Gasteiger partial charge on any atom is 0.119 e. The minimum absolute atomic E-state index is 0.123. The Hall–Kier alpha value is -2.34. The minimum atomic E-state index is -0.814. The van der Waals surface area contributed by atoms with Crippen molar-refractivity contribution in [3.05, 3.63) is 65.4 Å². The van der Waals surface area contributed by atoms with Crippen molar-refractivity contribution >= 4 is 10.9 Å². The first kappa shape index (κ1) is 20.6. The van der Waals surface area contributed by atoms with E-state index in [1.165, 1.54) is 22.2 Å². The van der Waals surface area contributed by atoms with Crippen molar-refractivity contribution < 1.29 is 9.84 Å². The number of benzene rings is 2. The molecule has 1 aliphatic carbocycles. The van der Waals surface area contributed by atoms with E-state index < -0.39 is 5.60 Å². The van der Waals surface area contributed by atoms with E-state index in [9.17, 15) is 5.11 Å². The van der Waals surface area contributed by atoms with Crippen LogP contribution in [-0.2, 0) is 17.6 Å². The summed E-state index contributed by atoms with van der Waals surface area (Å²) >= 11 is 0. The Morgan fingerprint density at radius 3 is 2.68 bits per heavy atom. The summed E-state index contributed by atoms with van der Waals surface area (Å²) in [5, 5.41) is 17.1. The highest BCUT2D eigenvalue weighted by atomic mass is 16.5. The van der Waals surface area contributed by atoms with Gasteiger partial charge in [-0.05, 0) is 69.1 Å². The molecule has 2 aliphatic rings. The molecule has 5 nitrogen and oxygen atoms in total. The number of methoxy groups -OCH3 is 1. The number of hydrogen-bond donors (Lipinski definition) is 3. The summed E-state index contributed by atoms with van der Waals surface area (Å²) < 4.78 is 5.49. The van der Waals surface area contributed by atoms with E-state index in [-0.39, 0.29) is 11.5 Å². The zero-order valence-corrected chi connectivity index (χ0v) is 18.7. The molecule has 0 amide bonds. The van der Waals surface area contributed by atoms with Gasteiger partial charge in [-0.2, -0.15) is 0 Å². The van der Waals surface area contributed by atoms with Crippen molar-refractivity contribution in [3.8, 4) is 5.75 Å². The SMILES string of the molecule is COc1ccc2[nH]c3c(c2c1)CCNC31CCC(O)(c2ccccc2)C(CN(C)C)C1. The number of ether oxygens (including phenoxy) is 1. The van der Waals surface area contributed by atoms with Crippen LogP contribution in [0.25, 0.3) is 10.9 Å². The average molecular weight is 420 g/mol. The summed E-state index contributed by atoms with van der Waals surface area (Å²) in [5.41, 5.74) is 3.96. The first-order chi connectivity index (χ1) is 14.9. The third-order valence-electron chi connectivity index (χ3n) is 7.49. The lowest BCUT2D eigenvalue weighted by atomic mass is 9.62. The molecule has 164 valence electrons. The molecule has 3 aromatic rings. The Morgan fingerprint density at radius 2 is 1.94 bits per heavy atom. The Bertz CT molecular complexity index is 1080. The molecule has 3 unspecified atom stereocenters. The maximum atomic E-state index is 11.9. The van der Waals surface area contributed by atoms with E-state index in [1.54, 1.807) is 7.11 Å². The molecule has 5 rings (SSSR count). The van der Waals surface area contributed by atoms with Gasteiger partial charge in [0, 0.05) is 35.6 Å². The summed E-state index contributed by atoms with van der Waals surface area (Å²) in [6.07, 6.45) is 3.54. The fourth-order valence-corrected chi connectivity index (χ4v) is 5.99. The van der Waals surface area contributed by atoms with Crippen LogP contribution in [0.3, 0.4) is 0 Å². The predicted molar refractivity (Wildman–Crippen MR) is 124 cm³/mol. The lowest BCUT2D eigenvalue weighted by Gasteiger charge is -2.51. The van der Waals surface area contributed by atoms with Crippen molar-refractivity contribution in [2.45, 2.75) is 36.8 Å². The Morgan fingerprint density at radius 1 is 1.13 bits per heavy atom. The van der Waals surface area contributed by atoms with Gasteiger partial charge in [0.15, 0.2) is 0 Å². The molecule has 1 saturated carbocycles. The van der Waals surface area contributed by atoms with Crippen molar-refractivity contribution in [1.29, 1.82) is 0 Å². The zero-order valence-electron chi connectivity index (χ0n) is 18.7. The number of aromatic amines is 1. The van der Waals surface area contributed by atoms with Gasteiger partial charge in [-0.25, -0.2) is 0 Å². The molecule has 1 fully saturated rings. The van der Waals surface area contributed by atoms with Gasteiger partial charge in [0.25, 0.3) is 0 Å². The fraction of sp³-hybridized carbons (Fsp3) is 0.462. The number of rotatable bonds is 4. The van der Waals surface area contributed by atoms with E-state index in [4.69, 9.17) is 4.74 Å². The van der Waals surface area contributed by atoms with Gasteiger partial charge in [0.2, 0.25) is 0 Å². The number of nitrogens with zero attached hydrogens (tertiary/aromatic N) is 1. The molecule has 2 aromatic carbocycles. The topological polar surface area (TPSA) is 60.5 Å². The van der Waals surface area contributed by atoms with Crippen LogP contribution in [0.1, 0.15) is 36.1 Å². The van der Waals surface area contributed by atoms with E-state index >= 15 is 0 Å². The summed E-state index contributed by atoms with van der Waals surface area (Å²) in [7, 11) is 5.92. The number of aromatic nitrogens is 1. The van der Waals surface area contributed by atoms with Gasteiger partial charge in [0.05, 0.1) is 18.2 Å². The second-order valence-corrected chi connectivity index (χ2v) is 9.60. The zero-order chi connectivity index (χ0) is 21.6. The summed E-state index contributed by atoms with van der Waals surface area (Å²) in [4.78, 5) is 5.96. The molecule has 5 heteroatoms. The lowest BCUT2D eigenvalue weighted by Crippen LogP contribution is -2.57.